The minimum atomic E-state index is -0.923. The normalized spacial score (nSPS) is 12.0. The standard InChI is InChI=1S/C15H13BrF2N2O/c16-10-6-11(17)14(12(18)7-10)15(21)20-8-13(19)9-4-2-1-3-5-9/h1-7,13H,8,19H2,(H,20,21). The van der Waals surface area contributed by atoms with Crippen molar-refractivity contribution in [1.29, 1.82) is 0 Å². The third-order valence-corrected chi connectivity index (χ3v) is 3.40. The Morgan fingerprint density at radius 2 is 1.76 bits per heavy atom. The average Bonchev–Trinajstić information content (AvgIpc) is 2.44. The molecule has 0 bridgehead atoms. The molecule has 110 valence electrons. The van der Waals surface area contributed by atoms with E-state index in [4.69, 9.17) is 5.73 Å². The number of amides is 1. The Kier molecular flexibility index (Phi) is 5.03. The van der Waals surface area contributed by atoms with Gasteiger partial charge in [-0.05, 0) is 17.7 Å². The molecule has 0 aliphatic rings. The zero-order valence-corrected chi connectivity index (χ0v) is 12.5. The van der Waals surface area contributed by atoms with Gasteiger partial charge in [-0.25, -0.2) is 8.78 Å². The van der Waals surface area contributed by atoms with Crippen LogP contribution in [0.5, 0.6) is 0 Å². The Bertz CT molecular complexity index is 626. The van der Waals surface area contributed by atoms with Crippen molar-refractivity contribution in [3.05, 3.63) is 69.7 Å². The van der Waals surface area contributed by atoms with Crippen molar-refractivity contribution in [2.45, 2.75) is 6.04 Å². The van der Waals surface area contributed by atoms with Crippen molar-refractivity contribution in [2.75, 3.05) is 6.54 Å². The summed E-state index contributed by atoms with van der Waals surface area (Å²) >= 11 is 2.96. The molecule has 0 spiro atoms. The van der Waals surface area contributed by atoms with E-state index >= 15 is 0 Å². The predicted molar refractivity (Wildman–Crippen MR) is 79.8 cm³/mol. The van der Waals surface area contributed by atoms with E-state index in [2.05, 4.69) is 21.2 Å². The SMILES string of the molecule is NC(CNC(=O)c1c(F)cc(Br)cc1F)c1ccccc1. The second-order valence-corrected chi connectivity index (χ2v) is 5.39. The third kappa shape index (κ3) is 3.86. The molecule has 21 heavy (non-hydrogen) atoms. The van der Waals surface area contributed by atoms with Crippen LogP contribution in [0.3, 0.4) is 0 Å². The van der Waals surface area contributed by atoms with Gasteiger partial charge >= 0.3 is 0 Å². The fourth-order valence-corrected chi connectivity index (χ4v) is 2.27. The number of hydrogen-bond acceptors (Lipinski definition) is 2. The van der Waals surface area contributed by atoms with Crippen molar-refractivity contribution in [1.82, 2.24) is 5.32 Å². The van der Waals surface area contributed by atoms with Crippen molar-refractivity contribution in [3.63, 3.8) is 0 Å². The predicted octanol–water partition coefficient (Wildman–Crippen LogP) is 3.16. The van der Waals surface area contributed by atoms with Gasteiger partial charge in [-0.1, -0.05) is 46.3 Å². The summed E-state index contributed by atoms with van der Waals surface area (Å²) in [6.45, 7) is 0.0811. The van der Waals surface area contributed by atoms with Gasteiger partial charge in [-0.15, -0.1) is 0 Å². The van der Waals surface area contributed by atoms with Gasteiger partial charge in [-0.2, -0.15) is 0 Å². The molecule has 3 nitrogen and oxygen atoms in total. The number of rotatable bonds is 4. The molecule has 1 amide bonds. The lowest BCUT2D eigenvalue weighted by atomic mass is 10.1. The van der Waals surface area contributed by atoms with E-state index in [1.165, 1.54) is 0 Å². The van der Waals surface area contributed by atoms with Gasteiger partial charge in [0.25, 0.3) is 5.91 Å². The van der Waals surface area contributed by atoms with Crippen molar-refractivity contribution < 1.29 is 13.6 Å². The van der Waals surface area contributed by atoms with Gasteiger partial charge in [0.1, 0.15) is 17.2 Å². The van der Waals surface area contributed by atoms with E-state index in [-0.39, 0.29) is 11.0 Å². The molecule has 0 saturated heterocycles. The number of nitrogens with one attached hydrogen (secondary N) is 1. The highest BCUT2D eigenvalue weighted by molar-refractivity contribution is 9.10. The smallest absolute Gasteiger partial charge is 0.257 e. The number of carbonyl (C=O) groups is 1. The van der Waals surface area contributed by atoms with Crippen LogP contribution in [-0.4, -0.2) is 12.5 Å². The fraction of sp³-hybridized carbons (Fsp3) is 0.133. The second-order valence-electron chi connectivity index (χ2n) is 4.47. The Morgan fingerprint density at radius 1 is 1.19 bits per heavy atom. The van der Waals surface area contributed by atoms with Crippen LogP contribution in [0.1, 0.15) is 22.0 Å². The Balaban J connectivity index is 2.06. The van der Waals surface area contributed by atoms with Crippen molar-refractivity contribution in [2.24, 2.45) is 5.73 Å². The molecule has 0 fully saturated rings. The summed E-state index contributed by atoms with van der Waals surface area (Å²) in [6.07, 6.45) is 0. The first-order valence-corrected chi connectivity index (χ1v) is 7.01. The Hall–Kier alpha value is -1.79. The molecule has 2 aromatic rings. The molecule has 0 aromatic heterocycles. The quantitative estimate of drug-likeness (QED) is 0.885. The topological polar surface area (TPSA) is 55.1 Å². The maximum atomic E-state index is 13.6. The van der Waals surface area contributed by atoms with Crippen LogP contribution >= 0.6 is 15.9 Å². The van der Waals surface area contributed by atoms with Crippen LogP contribution in [0, 0.1) is 11.6 Å². The van der Waals surface area contributed by atoms with E-state index in [0.717, 1.165) is 17.7 Å². The lowest BCUT2D eigenvalue weighted by Gasteiger charge is -2.13. The van der Waals surface area contributed by atoms with E-state index in [1.807, 2.05) is 30.3 Å². The summed E-state index contributed by atoms with van der Waals surface area (Å²) in [6, 6.07) is 10.8. The molecule has 2 rings (SSSR count). The number of carbonyl (C=O) groups excluding carboxylic acids is 1. The molecule has 6 heteroatoms. The minimum absolute atomic E-state index is 0.0811. The monoisotopic (exact) mass is 354 g/mol. The highest BCUT2D eigenvalue weighted by atomic mass is 79.9. The first kappa shape index (κ1) is 15.6. The number of halogens is 3. The van der Waals surface area contributed by atoms with Gasteiger partial charge in [0.05, 0.1) is 0 Å². The molecule has 0 radical (unpaired) electrons. The van der Waals surface area contributed by atoms with Crippen molar-refractivity contribution >= 4 is 21.8 Å². The first-order valence-electron chi connectivity index (χ1n) is 6.22. The highest BCUT2D eigenvalue weighted by Gasteiger charge is 2.19. The van der Waals surface area contributed by atoms with E-state index in [1.54, 1.807) is 0 Å². The lowest BCUT2D eigenvalue weighted by Crippen LogP contribution is -2.33. The van der Waals surface area contributed by atoms with E-state index in [0.29, 0.717) is 0 Å². The average molecular weight is 355 g/mol. The Morgan fingerprint density at radius 3 is 2.33 bits per heavy atom. The highest BCUT2D eigenvalue weighted by Crippen LogP contribution is 2.19. The van der Waals surface area contributed by atoms with E-state index < -0.39 is 29.1 Å². The third-order valence-electron chi connectivity index (χ3n) is 2.94. The molecule has 0 saturated carbocycles. The second kappa shape index (κ2) is 6.78. The van der Waals surface area contributed by atoms with Gasteiger partial charge in [0.15, 0.2) is 0 Å². The molecule has 1 unspecified atom stereocenters. The lowest BCUT2D eigenvalue weighted by molar-refractivity contribution is 0.0942. The summed E-state index contributed by atoms with van der Waals surface area (Å²) in [7, 11) is 0. The first-order chi connectivity index (χ1) is 9.99. The van der Waals surface area contributed by atoms with Crippen molar-refractivity contribution in [3.8, 4) is 0 Å². The van der Waals surface area contributed by atoms with Crippen LogP contribution in [-0.2, 0) is 0 Å². The van der Waals surface area contributed by atoms with Crippen LogP contribution < -0.4 is 11.1 Å². The molecule has 0 heterocycles. The number of benzene rings is 2. The fourth-order valence-electron chi connectivity index (χ4n) is 1.87. The van der Waals surface area contributed by atoms with Crippen LogP contribution in [0.25, 0.3) is 0 Å². The van der Waals surface area contributed by atoms with Gasteiger partial charge in [0, 0.05) is 17.1 Å². The van der Waals surface area contributed by atoms with Gasteiger partial charge in [-0.3, -0.25) is 4.79 Å². The zero-order valence-electron chi connectivity index (χ0n) is 10.9. The maximum absolute atomic E-state index is 13.6. The summed E-state index contributed by atoms with van der Waals surface area (Å²) in [5.74, 6) is -2.68. The molecular weight excluding hydrogens is 342 g/mol. The van der Waals surface area contributed by atoms with Crippen LogP contribution in [0.15, 0.2) is 46.9 Å². The van der Waals surface area contributed by atoms with Gasteiger partial charge in [0.2, 0.25) is 0 Å². The van der Waals surface area contributed by atoms with Crippen LogP contribution in [0.2, 0.25) is 0 Å². The summed E-state index contributed by atoms with van der Waals surface area (Å²) in [4.78, 5) is 11.9. The van der Waals surface area contributed by atoms with Gasteiger partial charge < -0.3 is 11.1 Å². The summed E-state index contributed by atoms with van der Waals surface area (Å²) in [5.41, 5.74) is 6.13. The molecule has 1 atom stereocenters. The minimum Gasteiger partial charge on any atom is -0.350 e. The van der Waals surface area contributed by atoms with Crippen LogP contribution in [0.4, 0.5) is 8.78 Å². The summed E-state index contributed by atoms with van der Waals surface area (Å²) < 4.78 is 27.5. The zero-order chi connectivity index (χ0) is 15.4. The molecule has 3 N–H and O–H groups in total. The summed E-state index contributed by atoms with van der Waals surface area (Å²) in [5, 5.41) is 2.44. The molecule has 2 aromatic carbocycles. The van der Waals surface area contributed by atoms with E-state index in [9.17, 15) is 13.6 Å². The number of nitrogens with two attached hydrogens (primary N) is 1. The Labute approximate surface area is 129 Å². The molecule has 0 aliphatic carbocycles. The maximum Gasteiger partial charge on any atom is 0.257 e. The molecule has 0 aliphatic heterocycles. The molecular formula is C15H13BrF2N2O. The largest absolute Gasteiger partial charge is 0.350 e. The number of hydrogen-bond donors (Lipinski definition) is 2.